The Kier molecular flexibility index (Phi) is 8.32. The lowest BCUT2D eigenvalue weighted by Gasteiger charge is -2.17. The number of unbranched alkanes of at least 4 members (excludes halogenated alkanes) is 1. The van der Waals surface area contributed by atoms with Crippen LogP contribution >= 0.6 is 27.5 Å². The van der Waals surface area contributed by atoms with Crippen LogP contribution in [0.3, 0.4) is 0 Å². The van der Waals surface area contributed by atoms with Gasteiger partial charge < -0.3 is 9.47 Å². The fraction of sp³-hybridized carbons (Fsp3) is 0.375. The quantitative estimate of drug-likeness (QED) is 0.314. The van der Waals surface area contributed by atoms with Gasteiger partial charge in [-0.25, -0.2) is 4.98 Å². The molecule has 0 aliphatic rings. The van der Waals surface area contributed by atoms with Crippen molar-refractivity contribution in [1.82, 2.24) is 9.66 Å². The maximum absolute atomic E-state index is 13.2. The Morgan fingerprint density at radius 1 is 1.28 bits per heavy atom. The number of aryl methyl sites for hydroxylation is 1. The summed E-state index contributed by atoms with van der Waals surface area (Å²) in [6.45, 7) is 6.11. The van der Waals surface area contributed by atoms with Crippen molar-refractivity contribution in [1.29, 1.82) is 0 Å². The third-order valence-electron chi connectivity index (χ3n) is 5.10. The van der Waals surface area contributed by atoms with Crippen molar-refractivity contribution in [2.75, 3.05) is 7.11 Å². The van der Waals surface area contributed by atoms with Gasteiger partial charge in [0.2, 0.25) is 0 Å². The van der Waals surface area contributed by atoms with E-state index in [1.807, 2.05) is 26.0 Å². The van der Waals surface area contributed by atoms with E-state index in [2.05, 4.69) is 28.0 Å². The number of hydrogen-bond acceptors (Lipinski definition) is 5. The molecule has 1 atom stereocenters. The molecule has 0 aliphatic heterocycles. The minimum atomic E-state index is -0.214. The Morgan fingerprint density at radius 3 is 2.75 bits per heavy atom. The number of nitrogens with zero attached hydrogens (tertiary/aromatic N) is 3. The lowest BCUT2D eigenvalue weighted by Crippen LogP contribution is -2.22. The molecular formula is C24H27BrClN3O3. The summed E-state index contributed by atoms with van der Waals surface area (Å²) in [7, 11) is 1.56. The van der Waals surface area contributed by atoms with Crippen LogP contribution in [0.2, 0.25) is 5.02 Å². The summed E-state index contributed by atoms with van der Waals surface area (Å²) in [4.78, 5) is 17.9. The topological polar surface area (TPSA) is 65.7 Å². The van der Waals surface area contributed by atoms with Crippen LogP contribution in [0.25, 0.3) is 10.9 Å². The molecule has 2 aromatic carbocycles. The van der Waals surface area contributed by atoms with E-state index in [1.165, 1.54) is 4.68 Å². The molecule has 3 aromatic rings. The van der Waals surface area contributed by atoms with Gasteiger partial charge in [0.1, 0.15) is 5.82 Å². The number of fused-ring (bicyclic) bond motifs is 1. The molecule has 0 saturated carbocycles. The number of methoxy groups -OCH3 is 1. The average Bonchev–Trinajstić information content (AvgIpc) is 2.78. The van der Waals surface area contributed by atoms with Crippen molar-refractivity contribution in [3.05, 3.63) is 61.6 Å². The second-order valence-corrected chi connectivity index (χ2v) is 8.85. The van der Waals surface area contributed by atoms with Crippen LogP contribution in [0.1, 0.15) is 51.4 Å². The summed E-state index contributed by atoms with van der Waals surface area (Å²) < 4.78 is 13.6. The normalized spacial score (nSPS) is 12.4. The Morgan fingerprint density at radius 2 is 2.06 bits per heavy atom. The van der Waals surface area contributed by atoms with Crippen LogP contribution in [0.4, 0.5) is 0 Å². The third-order valence-corrected chi connectivity index (χ3v) is 5.87. The van der Waals surface area contributed by atoms with Crippen LogP contribution in [0.15, 0.2) is 44.7 Å². The number of ether oxygens (including phenoxy) is 2. The van der Waals surface area contributed by atoms with E-state index in [9.17, 15) is 4.79 Å². The summed E-state index contributed by atoms with van der Waals surface area (Å²) in [5, 5.41) is 5.40. The second-order valence-electron chi connectivity index (χ2n) is 7.53. The second kappa shape index (κ2) is 11.0. The first-order chi connectivity index (χ1) is 15.4. The highest BCUT2D eigenvalue weighted by Gasteiger charge is 2.15. The first-order valence-corrected chi connectivity index (χ1v) is 11.8. The van der Waals surface area contributed by atoms with Gasteiger partial charge >= 0.3 is 0 Å². The molecule has 1 heterocycles. The largest absolute Gasteiger partial charge is 0.493 e. The summed E-state index contributed by atoms with van der Waals surface area (Å²) >= 11 is 9.90. The van der Waals surface area contributed by atoms with Gasteiger partial charge in [-0.1, -0.05) is 47.8 Å². The summed E-state index contributed by atoms with van der Waals surface area (Å²) in [6, 6.07) is 9.01. The molecule has 0 amide bonds. The third kappa shape index (κ3) is 5.51. The molecule has 32 heavy (non-hydrogen) atoms. The average molecular weight is 521 g/mol. The molecule has 0 radical (unpaired) electrons. The van der Waals surface area contributed by atoms with Gasteiger partial charge in [0.25, 0.3) is 5.56 Å². The molecule has 3 rings (SSSR count). The highest BCUT2D eigenvalue weighted by Crippen LogP contribution is 2.37. The van der Waals surface area contributed by atoms with Gasteiger partial charge in [0, 0.05) is 10.9 Å². The van der Waals surface area contributed by atoms with Crippen molar-refractivity contribution in [3.8, 4) is 11.5 Å². The molecular weight excluding hydrogens is 494 g/mol. The van der Waals surface area contributed by atoms with E-state index in [0.717, 1.165) is 23.7 Å². The molecule has 0 bridgehead atoms. The van der Waals surface area contributed by atoms with Crippen molar-refractivity contribution >= 4 is 44.6 Å². The van der Waals surface area contributed by atoms with Gasteiger partial charge in [-0.2, -0.15) is 9.78 Å². The number of hydrogen-bond donors (Lipinski definition) is 0. The standard InChI is InChI=1S/C24H27BrClN3O3/c1-5-7-8-22-28-20-10-9-17(25)13-18(20)24(30)29(22)27-14-16-11-19(26)23(21(12-16)31-4)32-15(3)6-2/h9-15H,5-8H2,1-4H3/t15-/m1/s1. The molecule has 0 fully saturated rings. The summed E-state index contributed by atoms with van der Waals surface area (Å²) in [6.07, 6.45) is 4.99. The summed E-state index contributed by atoms with van der Waals surface area (Å²) in [5.74, 6) is 1.63. The molecule has 0 saturated heterocycles. The van der Waals surface area contributed by atoms with E-state index in [-0.39, 0.29) is 11.7 Å². The lowest BCUT2D eigenvalue weighted by molar-refractivity contribution is 0.208. The minimum Gasteiger partial charge on any atom is -0.493 e. The van der Waals surface area contributed by atoms with Crippen LogP contribution in [0.5, 0.6) is 11.5 Å². The van der Waals surface area contributed by atoms with Crippen molar-refractivity contribution < 1.29 is 9.47 Å². The van der Waals surface area contributed by atoms with Crippen molar-refractivity contribution in [3.63, 3.8) is 0 Å². The monoisotopic (exact) mass is 519 g/mol. The highest BCUT2D eigenvalue weighted by molar-refractivity contribution is 9.10. The molecule has 0 unspecified atom stereocenters. The maximum atomic E-state index is 13.2. The molecule has 1 aromatic heterocycles. The number of rotatable bonds is 9. The molecule has 0 spiro atoms. The summed E-state index contributed by atoms with van der Waals surface area (Å²) in [5.41, 5.74) is 1.13. The van der Waals surface area contributed by atoms with Crippen molar-refractivity contribution in [2.24, 2.45) is 5.10 Å². The highest BCUT2D eigenvalue weighted by atomic mass is 79.9. The van der Waals surface area contributed by atoms with Crippen LogP contribution in [0, 0.1) is 0 Å². The van der Waals surface area contributed by atoms with Gasteiger partial charge in [0.05, 0.1) is 35.4 Å². The van der Waals surface area contributed by atoms with Crippen molar-refractivity contribution in [2.45, 2.75) is 52.6 Å². The van der Waals surface area contributed by atoms with Gasteiger partial charge in [-0.05, 0) is 55.7 Å². The van der Waals surface area contributed by atoms with E-state index in [4.69, 9.17) is 26.1 Å². The SMILES string of the molecule is CCCCc1nc2ccc(Br)cc2c(=O)n1N=Cc1cc(Cl)c(O[C@H](C)CC)c(OC)c1. The minimum absolute atomic E-state index is 0.00335. The predicted molar refractivity (Wildman–Crippen MR) is 134 cm³/mol. The van der Waals surface area contributed by atoms with E-state index in [1.54, 1.807) is 31.5 Å². The maximum Gasteiger partial charge on any atom is 0.282 e. The molecule has 0 N–H and O–H groups in total. The predicted octanol–water partition coefficient (Wildman–Crippen LogP) is 6.22. The Balaban J connectivity index is 2.06. The Hall–Kier alpha value is -2.38. The van der Waals surface area contributed by atoms with Gasteiger partial charge in [-0.15, -0.1) is 0 Å². The first-order valence-electron chi connectivity index (χ1n) is 10.7. The zero-order valence-electron chi connectivity index (χ0n) is 18.7. The number of benzene rings is 2. The molecule has 6 nitrogen and oxygen atoms in total. The molecule has 0 aliphatic carbocycles. The lowest BCUT2D eigenvalue weighted by atomic mass is 10.2. The number of halogens is 2. The van der Waals surface area contributed by atoms with Gasteiger partial charge in [0.15, 0.2) is 11.5 Å². The van der Waals surface area contributed by atoms with E-state index in [0.29, 0.717) is 45.2 Å². The Labute approximate surface area is 201 Å². The number of aromatic nitrogens is 2. The first kappa shape index (κ1) is 24.3. The Bertz CT molecular complexity index is 1190. The zero-order chi connectivity index (χ0) is 23.3. The molecule has 8 heteroatoms. The van der Waals surface area contributed by atoms with Gasteiger partial charge in [-0.3, -0.25) is 4.79 Å². The fourth-order valence-electron chi connectivity index (χ4n) is 3.15. The van der Waals surface area contributed by atoms with Crippen LogP contribution in [-0.4, -0.2) is 29.1 Å². The van der Waals surface area contributed by atoms with E-state index >= 15 is 0 Å². The fourth-order valence-corrected chi connectivity index (χ4v) is 3.77. The zero-order valence-corrected chi connectivity index (χ0v) is 21.0. The van der Waals surface area contributed by atoms with Crippen LogP contribution in [-0.2, 0) is 6.42 Å². The van der Waals surface area contributed by atoms with Crippen LogP contribution < -0.4 is 15.0 Å². The smallest absolute Gasteiger partial charge is 0.282 e. The van der Waals surface area contributed by atoms with E-state index < -0.39 is 0 Å². The molecule has 170 valence electrons.